The summed E-state index contributed by atoms with van der Waals surface area (Å²) >= 11 is 0. The monoisotopic (exact) mass is 386 g/mol. The van der Waals surface area contributed by atoms with Gasteiger partial charge >= 0.3 is 0 Å². The van der Waals surface area contributed by atoms with E-state index in [1.54, 1.807) is 6.92 Å². The molecule has 1 aliphatic heterocycles. The number of hydrogen-bond donors (Lipinski definition) is 0. The lowest BCUT2D eigenvalue weighted by Crippen LogP contribution is -2.52. The number of aromatic nitrogens is 2. The number of amides is 1. The van der Waals surface area contributed by atoms with Gasteiger partial charge in [-0.2, -0.15) is 0 Å². The van der Waals surface area contributed by atoms with E-state index in [4.69, 9.17) is 4.74 Å². The van der Waals surface area contributed by atoms with Crippen LogP contribution in [0.4, 0.5) is 10.2 Å². The first kappa shape index (κ1) is 20.0. The van der Waals surface area contributed by atoms with Crippen LogP contribution in [0.3, 0.4) is 0 Å². The Kier molecular flexibility index (Phi) is 6.11. The van der Waals surface area contributed by atoms with Crippen molar-refractivity contribution >= 4 is 11.7 Å². The molecule has 1 atom stereocenters. The number of rotatable bonds is 5. The lowest BCUT2D eigenvalue weighted by atomic mass is 10.2. The van der Waals surface area contributed by atoms with Gasteiger partial charge in [0.05, 0.1) is 0 Å². The summed E-state index contributed by atoms with van der Waals surface area (Å²) < 4.78 is 18.7. The summed E-state index contributed by atoms with van der Waals surface area (Å²) in [5, 5.41) is 0. The Bertz CT molecular complexity index is 818. The van der Waals surface area contributed by atoms with Crippen molar-refractivity contribution in [2.45, 2.75) is 39.7 Å². The molecule has 0 unspecified atom stereocenters. The maximum absolute atomic E-state index is 13.0. The molecule has 0 N–H and O–H groups in total. The molecule has 1 fully saturated rings. The summed E-state index contributed by atoms with van der Waals surface area (Å²) in [6, 6.07) is 7.69. The standard InChI is InChI=1S/C21H27FN4O2/c1-14(2)20-23-15(3)13-19(24-20)25-9-11-26(12-10-25)21(27)16(4)28-18-7-5-17(22)6-8-18/h5-8,13-14,16H,9-12H2,1-4H3/t16-/m1/s1. The lowest BCUT2D eigenvalue weighted by molar-refractivity contribution is -0.138. The molecular weight excluding hydrogens is 359 g/mol. The molecular formula is C21H27FN4O2. The normalized spacial score (nSPS) is 15.6. The van der Waals surface area contributed by atoms with Gasteiger partial charge in [0.1, 0.15) is 23.2 Å². The number of nitrogens with zero attached hydrogens (tertiary/aromatic N) is 4. The van der Waals surface area contributed by atoms with Gasteiger partial charge in [0, 0.05) is 43.9 Å². The molecule has 28 heavy (non-hydrogen) atoms. The van der Waals surface area contributed by atoms with Crippen molar-refractivity contribution in [1.82, 2.24) is 14.9 Å². The predicted molar refractivity (Wildman–Crippen MR) is 106 cm³/mol. The quantitative estimate of drug-likeness (QED) is 0.790. The van der Waals surface area contributed by atoms with Gasteiger partial charge in [-0.05, 0) is 38.1 Å². The number of anilines is 1. The molecule has 1 saturated heterocycles. The molecule has 0 radical (unpaired) electrons. The number of benzene rings is 1. The Morgan fingerprint density at radius 1 is 1.07 bits per heavy atom. The number of aryl methyl sites for hydroxylation is 1. The van der Waals surface area contributed by atoms with Crippen LogP contribution in [0.15, 0.2) is 30.3 Å². The van der Waals surface area contributed by atoms with Crippen molar-refractivity contribution in [3.05, 3.63) is 47.7 Å². The third-order valence-electron chi connectivity index (χ3n) is 4.76. The van der Waals surface area contributed by atoms with Crippen molar-refractivity contribution in [3.8, 4) is 5.75 Å². The molecule has 1 aromatic carbocycles. The highest BCUT2D eigenvalue weighted by atomic mass is 19.1. The number of hydrogen-bond acceptors (Lipinski definition) is 5. The fraction of sp³-hybridized carbons (Fsp3) is 0.476. The van der Waals surface area contributed by atoms with Gasteiger partial charge in [-0.1, -0.05) is 13.8 Å². The molecule has 1 aliphatic rings. The highest BCUT2D eigenvalue weighted by Crippen LogP contribution is 2.20. The maximum atomic E-state index is 13.0. The van der Waals surface area contributed by atoms with Crippen LogP contribution < -0.4 is 9.64 Å². The predicted octanol–water partition coefficient (Wildman–Crippen LogP) is 3.16. The van der Waals surface area contributed by atoms with E-state index in [0.717, 1.165) is 17.3 Å². The zero-order chi connectivity index (χ0) is 20.3. The summed E-state index contributed by atoms with van der Waals surface area (Å²) in [4.78, 5) is 25.9. The molecule has 0 aliphatic carbocycles. The second kappa shape index (κ2) is 8.54. The van der Waals surface area contributed by atoms with Crippen LogP contribution in [0.2, 0.25) is 0 Å². The Balaban J connectivity index is 1.58. The van der Waals surface area contributed by atoms with Gasteiger partial charge < -0.3 is 14.5 Å². The van der Waals surface area contributed by atoms with Crippen molar-refractivity contribution in [3.63, 3.8) is 0 Å². The fourth-order valence-corrected chi connectivity index (χ4v) is 3.18. The maximum Gasteiger partial charge on any atom is 0.263 e. The largest absolute Gasteiger partial charge is 0.481 e. The average molecular weight is 386 g/mol. The molecule has 6 nitrogen and oxygen atoms in total. The molecule has 0 saturated carbocycles. The molecule has 1 amide bonds. The van der Waals surface area contributed by atoms with E-state index in [9.17, 15) is 9.18 Å². The summed E-state index contributed by atoms with van der Waals surface area (Å²) in [7, 11) is 0. The summed E-state index contributed by atoms with van der Waals surface area (Å²) in [5.74, 6) is 2.12. The van der Waals surface area contributed by atoms with E-state index in [1.807, 2.05) is 17.9 Å². The van der Waals surface area contributed by atoms with E-state index < -0.39 is 6.10 Å². The highest BCUT2D eigenvalue weighted by molar-refractivity contribution is 5.81. The van der Waals surface area contributed by atoms with Gasteiger partial charge in [0.2, 0.25) is 0 Å². The zero-order valence-electron chi connectivity index (χ0n) is 16.9. The first-order chi connectivity index (χ1) is 13.3. The van der Waals surface area contributed by atoms with Crippen LogP contribution in [0, 0.1) is 12.7 Å². The van der Waals surface area contributed by atoms with Crippen molar-refractivity contribution in [2.75, 3.05) is 31.1 Å². The van der Waals surface area contributed by atoms with Crippen molar-refractivity contribution < 1.29 is 13.9 Å². The van der Waals surface area contributed by atoms with Gasteiger partial charge in [0.25, 0.3) is 5.91 Å². The van der Waals surface area contributed by atoms with Gasteiger partial charge in [-0.25, -0.2) is 14.4 Å². The Labute approximate surface area is 165 Å². The average Bonchev–Trinajstić information content (AvgIpc) is 2.68. The first-order valence-electron chi connectivity index (χ1n) is 9.65. The van der Waals surface area contributed by atoms with Crippen LogP contribution in [0.25, 0.3) is 0 Å². The molecule has 2 heterocycles. The number of halogens is 1. The van der Waals surface area contributed by atoms with Crippen molar-refractivity contribution in [1.29, 1.82) is 0 Å². The van der Waals surface area contributed by atoms with Gasteiger partial charge in [-0.15, -0.1) is 0 Å². The SMILES string of the molecule is Cc1cc(N2CCN(C(=O)[C@@H](C)Oc3ccc(F)cc3)CC2)nc(C(C)C)n1. The molecule has 3 rings (SSSR count). The third-order valence-corrected chi connectivity index (χ3v) is 4.76. The Hall–Kier alpha value is -2.70. The van der Waals surface area contributed by atoms with Gasteiger partial charge in [0.15, 0.2) is 6.10 Å². The lowest BCUT2D eigenvalue weighted by Gasteiger charge is -2.36. The number of carbonyl (C=O) groups is 1. The van der Waals surface area contributed by atoms with E-state index >= 15 is 0 Å². The van der Waals surface area contributed by atoms with Crippen LogP contribution in [0.5, 0.6) is 5.75 Å². The molecule has 150 valence electrons. The number of piperazine rings is 1. The third kappa shape index (κ3) is 4.77. The van der Waals surface area contributed by atoms with E-state index in [-0.39, 0.29) is 17.6 Å². The smallest absolute Gasteiger partial charge is 0.263 e. The van der Waals surface area contributed by atoms with Crippen LogP contribution in [-0.2, 0) is 4.79 Å². The zero-order valence-corrected chi connectivity index (χ0v) is 16.9. The van der Waals surface area contributed by atoms with E-state index in [2.05, 4.69) is 28.7 Å². The van der Waals surface area contributed by atoms with Crippen LogP contribution in [-0.4, -0.2) is 53.1 Å². The summed E-state index contributed by atoms with van der Waals surface area (Å²) in [5.41, 5.74) is 0.952. The van der Waals surface area contributed by atoms with Crippen molar-refractivity contribution in [2.24, 2.45) is 0 Å². The fourth-order valence-electron chi connectivity index (χ4n) is 3.18. The number of carbonyl (C=O) groups excluding carboxylic acids is 1. The molecule has 0 spiro atoms. The summed E-state index contributed by atoms with van der Waals surface area (Å²) in [6.07, 6.45) is -0.620. The topological polar surface area (TPSA) is 58.6 Å². The second-order valence-corrected chi connectivity index (χ2v) is 7.41. The molecule has 2 aromatic rings. The van der Waals surface area contributed by atoms with E-state index in [0.29, 0.717) is 31.9 Å². The minimum absolute atomic E-state index is 0.0642. The second-order valence-electron chi connectivity index (χ2n) is 7.41. The minimum atomic E-state index is -0.620. The van der Waals surface area contributed by atoms with Crippen LogP contribution in [0.1, 0.15) is 38.2 Å². The Morgan fingerprint density at radius 3 is 2.32 bits per heavy atom. The Morgan fingerprint density at radius 2 is 1.71 bits per heavy atom. The number of ether oxygens (including phenoxy) is 1. The molecule has 7 heteroatoms. The molecule has 0 bridgehead atoms. The summed E-state index contributed by atoms with van der Waals surface area (Å²) in [6.45, 7) is 10.5. The minimum Gasteiger partial charge on any atom is -0.481 e. The van der Waals surface area contributed by atoms with Crippen LogP contribution >= 0.6 is 0 Å². The van der Waals surface area contributed by atoms with E-state index in [1.165, 1.54) is 24.3 Å². The highest BCUT2D eigenvalue weighted by Gasteiger charge is 2.27. The van der Waals surface area contributed by atoms with Gasteiger partial charge in [-0.3, -0.25) is 4.79 Å². The molecule has 1 aromatic heterocycles. The first-order valence-corrected chi connectivity index (χ1v) is 9.65.